The number of thiophene rings is 4. The van der Waals surface area contributed by atoms with Crippen molar-refractivity contribution in [3.05, 3.63) is 148 Å². The van der Waals surface area contributed by atoms with Gasteiger partial charge in [-0.15, -0.1) is 45.3 Å². The number of nitrogens with zero attached hydrogens (tertiary/aromatic N) is 2. The molecule has 4 heterocycles. The Morgan fingerprint density at radius 2 is 0.833 bits per heavy atom. The van der Waals surface area contributed by atoms with Gasteiger partial charge in [-0.25, -0.2) is 9.98 Å². The van der Waals surface area contributed by atoms with Gasteiger partial charge in [0.15, 0.2) is 10.7 Å². The topological polar surface area (TPSA) is 93.0 Å². The van der Waals surface area contributed by atoms with E-state index in [-0.39, 0.29) is 37.8 Å². The first kappa shape index (κ1) is 31.1. The van der Waals surface area contributed by atoms with Crippen molar-refractivity contribution < 1.29 is 0 Å². The van der Waals surface area contributed by atoms with Crippen LogP contribution in [0.25, 0.3) is 71.6 Å². The van der Waals surface area contributed by atoms with Crippen molar-refractivity contribution in [1.29, 1.82) is 0 Å². The lowest BCUT2D eigenvalue weighted by molar-refractivity contribution is 0.358. The van der Waals surface area contributed by atoms with Gasteiger partial charge in [0.1, 0.15) is 10.0 Å². The van der Waals surface area contributed by atoms with Crippen LogP contribution in [0.3, 0.4) is 0 Å². The summed E-state index contributed by atoms with van der Waals surface area (Å²) in [6, 6.07) is 26.9. The van der Waals surface area contributed by atoms with Crippen LogP contribution in [0.5, 0.6) is 0 Å². The number of benzene rings is 4. The van der Waals surface area contributed by atoms with Crippen LogP contribution in [0.2, 0.25) is 0 Å². The van der Waals surface area contributed by atoms with E-state index < -0.39 is 0 Å². The molecule has 12 rings (SSSR count). The first-order chi connectivity index (χ1) is 26.4. The van der Waals surface area contributed by atoms with Crippen LogP contribution in [0.4, 0.5) is 10.0 Å². The van der Waals surface area contributed by atoms with E-state index in [1.165, 1.54) is 36.7 Å². The van der Waals surface area contributed by atoms with E-state index in [1.807, 2.05) is 84.9 Å². The molecule has 2 aliphatic carbocycles. The molecule has 54 heavy (non-hydrogen) atoms. The fourth-order valence-corrected chi connectivity index (χ4v) is 14.8. The van der Waals surface area contributed by atoms with Crippen molar-refractivity contribution in [1.82, 2.24) is 0 Å². The molecule has 1 saturated carbocycles. The standard InChI is InChI=1S/C44H24N2O4S4/c47-36-24-14-20-8-2-3-9-21(20)15-25(24)37(48)34(36)45-30-18-28-40(53-30)32-42(51-28)43-33(44(32)12-6-1-7-13-44)41-29(52-43)19-31(54-41)46-35-38(49)26-16-22-10-4-5-11-23(22)17-27(26)39(35)50/h2-5,8-11,14-19H,1,6-7,12-13H2. The zero-order chi connectivity index (χ0) is 36.0. The van der Waals surface area contributed by atoms with E-state index >= 15 is 0 Å². The molecule has 0 atom stereocenters. The summed E-state index contributed by atoms with van der Waals surface area (Å²) in [4.78, 5) is 66.3. The molecule has 6 aromatic carbocycles. The Balaban J connectivity index is 1.00. The highest BCUT2D eigenvalue weighted by Gasteiger charge is 2.49. The van der Waals surface area contributed by atoms with Crippen LogP contribution < -0.4 is 32.4 Å². The Morgan fingerprint density at radius 3 is 1.20 bits per heavy atom. The molecule has 0 aliphatic heterocycles. The van der Waals surface area contributed by atoms with Crippen LogP contribution in [0.1, 0.15) is 43.2 Å². The summed E-state index contributed by atoms with van der Waals surface area (Å²) in [5, 5.41) is 6.72. The van der Waals surface area contributed by atoms with Gasteiger partial charge in [0.25, 0.3) is 0 Å². The van der Waals surface area contributed by atoms with E-state index in [4.69, 9.17) is 9.98 Å². The van der Waals surface area contributed by atoms with E-state index in [0.29, 0.717) is 31.5 Å². The molecule has 10 heteroatoms. The minimum absolute atomic E-state index is 0.0117. The molecule has 6 nitrogen and oxygen atoms in total. The van der Waals surface area contributed by atoms with Crippen LogP contribution in [0, 0.1) is 0 Å². The number of hydrogen-bond donors (Lipinski definition) is 0. The summed E-state index contributed by atoms with van der Waals surface area (Å²) < 4.78 is 4.65. The van der Waals surface area contributed by atoms with Crippen LogP contribution in [-0.4, -0.2) is 0 Å². The molecular weight excluding hydrogens is 749 g/mol. The third-order valence-electron chi connectivity index (χ3n) is 11.6. The van der Waals surface area contributed by atoms with Crippen molar-refractivity contribution in [2.45, 2.75) is 37.5 Å². The van der Waals surface area contributed by atoms with Gasteiger partial charge in [0, 0.05) is 47.5 Å². The van der Waals surface area contributed by atoms with Gasteiger partial charge >= 0.3 is 0 Å². The Hall–Kier alpha value is -5.26. The van der Waals surface area contributed by atoms with Crippen molar-refractivity contribution in [3.8, 4) is 9.75 Å². The second-order valence-corrected chi connectivity index (χ2v) is 18.7. The molecule has 10 aromatic rings. The zero-order valence-corrected chi connectivity index (χ0v) is 31.5. The summed E-state index contributed by atoms with van der Waals surface area (Å²) >= 11 is 6.72. The van der Waals surface area contributed by atoms with Crippen LogP contribution >= 0.6 is 45.3 Å². The molecule has 1 fully saturated rings. The Kier molecular flexibility index (Phi) is 6.29. The minimum Gasteiger partial charge on any atom is -0.287 e. The predicted octanol–water partition coefficient (Wildman–Crippen LogP) is 9.74. The van der Waals surface area contributed by atoms with Crippen LogP contribution in [0.15, 0.2) is 114 Å². The highest BCUT2D eigenvalue weighted by Crippen LogP contribution is 2.66. The molecule has 258 valence electrons. The number of hydrogen-bond acceptors (Lipinski definition) is 10. The summed E-state index contributed by atoms with van der Waals surface area (Å²) in [5.41, 5.74) is 1.32. The average Bonchev–Trinajstić information content (AvgIpc) is 4.03. The summed E-state index contributed by atoms with van der Waals surface area (Å²) in [5.74, 6) is 0. The number of fused-ring (bicyclic) bond motifs is 13. The highest BCUT2D eigenvalue weighted by molar-refractivity contribution is 7.36. The molecule has 0 N–H and O–H groups in total. The van der Waals surface area contributed by atoms with Crippen molar-refractivity contribution >= 4 is 117 Å². The molecule has 0 unspecified atom stereocenters. The smallest absolute Gasteiger partial charge is 0.216 e. The third kappa shape index (κ3) is 4.08. The lowest BCUT2D eigenvalue weighted by atomic mass is 9.68. The maximum Gasteiger partial charge on any atom is 0.216 e. The lowest BCUT2D eigenvalue weighted by Gasteiger charge is -2.35. The normalized spacial score (nSPS) is 15.1. The predicted molar refractivity (Wildman–Crippen MR) is 225 cm³/mol. The van der Waals surface area contributed by atoms with Gasteiger partial charge in [0.2, 0.25) is 21.7 Å². The quantitative estimate of drug-likeness (QED) is 0.175. The van der Waals surface area contributed by atoms with Gasteiger partial charge in [-0.2, -0.15) is 0 Å². The Bertz CT molecular complexity index is 3270. The first-order valence-corrected chi connectivity index (χ1v) is 21.2. The molecule has 2 aliphatic rings. The summed E-state index contributed by atoms with van der Waals surface area (Å²) in [6.45, 7) is 0. The molecule has 0 bridgehead atoms. The monoisotopic (exact) mass is 772 g/mol. The second kappa shape index (κ2) is 10.9. The second-order valence-electron chi connectivity index (χ2n) is 14.5. The Labute approximate surface area is 320 Å². The fourth-order valence-electron chi connectivity index (χ4n) is 9.20. The van der Waals surface area contributed by atoms with E-state index in [1.54, 1.807) is 45.3 Å². The summed E-state index contributed by atoms with van der Waals surface area (Å²) in [6.07, 6.45) is 5.51. The van der Waals surface area contributed by atoms with E-state index in [0.717, 1.165) is 56.6 Å². The fraction of sp³-hybridized carbons (Fsp3) is 0.136. The average molecular weight is 773 g/mol. The third-order valence-corrected chi connectivity index (χ3v) is 16.4. The van der Waals surface area contributed by atoms with Gasteiger partial charge in [-0.3, -0.25) is 19.2 Å². The van der Waals surface area contributed by atoms with Crippen LogP contribution in [-0.2, 0) is 5.41 Å². The Morgan fingerprint density at radius 1 is 0.463 bits per heavy atom. The minimum atomic E-state index is -0.313. The summed E-state index contributed by atoms with van der Waals surface area (Å²) in [7, 11) is 0. The highest BCUT2D eigenvalue weighted by atomic mass is 32.1. The van der Waals surface area contributed by atoms with E-state index in [9.17, 15) is 19.2 Å². The maximum atomic E-state index is 13.5. The molecule has 0 saturated heterocycles. The number of rotatable bonds is 2. The van der Waals surface area contributed by atoms with Gasteiger partial charge in [-0.1, -0.05) is 67.8 Å². The lowest BCUT2D eigenvalue weighted by Crippen LogP contribution is -2.31. The van der Waals surface area contributed by atoms with Crippen molar-refractivity contribution in [2.24, 2.45) is 9.98 Å². The van der Waals surface area contributed by atoms with Gasteiger partial charge in [-0.05, 0) is 70.8 Å². The first-order valence-electron chi connectivity index (χ1n) is 17.9. The molecule has 0 amide bonds. The molecular formula is C44H24N2O4S4. The molecule has 0 radical (unpaired) electrons. The molecule has 4 aromatic heterocycles. The van der Waals surface area contributed by atoms with Gasteiger partial charge in [0.05, 0.1) is 19.2 Å². The molecule has 1 spiro atoms. The zero-order valence-electron chi connectivity index (χ0n) is 28.3. The van der Waals surface area contributed by atoms with Gasteiger partial charge < -0.3 is 0 Å². The SMILES string of the molecule is O=c1c(=Nc2cc3sc4c(c3s2)C2(CCCCC2)c2c-4sc3cc(N=c4c(=O)c5cc6ccccc6cc5c4=O)sc23)c(=O)c2cc3ccccc3cc12. The largest absolute Gasteiger partial charge is 0.287 e. The van der Waals surface area contributed by atoms with Crippen molar-refractivity contribution in [2.75, 3.05) is 0 Å². The maximum absolute atomic E-state index is 13.5. The van der Waals surface area contributed by atoms with E-state index in [2.05, 4.69) is 0 Å². The van der Waals surface area contributed by atoms with Crippen molar-refractivity contribution in [3.63, 3.8) is 0 Å².